The minimum Gasteiger partial charge on any atom is -0.493 e. The van der Waals surface area contributed by atoms with E-state index >= 15 is 0 Å². The molecule has 0 aliphatic carbocycles. The number of anilines is 2. The summed E-state index contributed by atoms with van der Waals surface area (Å²) in [5, 5.41) is 5.74. The summed E-state index contributed by atoms with van der Waals surface area (Å²) in [6.07, 6.45) is 5.57. The van der Waals surface area contributed by atoms with E-state index in [9.17, 15) is 19.2 Å². The number of carbonyl (C=O) groups is 4. The van der Waals surface area contributed by atoms with E-state index in [4.69, 9.17) is 30.6 Å². The second-order valence-corrected chi connectivity index (χ2v) is 13.6. The van der Waals surface area contributed by atoms with Crippen molar-refractivity contribution < 1.29 is 38.1 Å². The summed E-state index contributed by atoms with van der Waals surface area (Å²) < 4.78 is 23.9. The standard InChI is InChI=1S/C40H56N6O8/c1-7-9-11-17-51-33-15-13-27(19-29(33)39(49)45-41)37(47)43-31-21-32(36(54-24-26(5)6)22-35(31)53-23-25(3)4)44-38(48)28-14-16-34(52-18-12-10-8-2)30(20-28)40(50)46-42/h13-16,19-22,25-26H,7-12,17-18,23-24,41-42H2,1-6H3,(H,43,47)(H,44,48)(H,45,49)(H,46,50). The first-order chi connectivity index (χ1) is 25.9. The highest BCUT2D eigenvalue weighted by Crippen LogP contribution is 2.38. The van der Waals surface area contributed by atoms with Crippen LogP contribution in [0.2, 0.25) is 0 Å². The van der Waals surface area contributed by atoms with Crippen molar-refractivity contribution in [3.63, 3.8) is 0 Å². The molecule has 0 saturated carbocycles. The van der Waals surface area contributed by atoms with Gasteiger partial charge in [0.2, 0.25) is 0 Å². The molecule has 294 valence electrons. The molecule has 4 amide bonds. The molecular formula is C40H56N6O8. The molecule has 0 aromatic heterocycles. The monoisotopic (exact) mass is 748 g/mol. The largest absolute Gasteiger partial charge is 0.493 e. The number of amides is 4. The molecule has 0 radical (unpaired) electrons. The molecule has 0 atom stereocenters. The highest BCUT2D eigenvalue weighted by atomic mass is 16.5. The third-order valence-electron chi connectivity index (χ3n) is 7.97. The quantitative estimate of drug-likeness (QED) is 0.0281. The fourth-order valence-electron chi connectivity index (χ4n) is 5.07. The van der Waals surface area contributed by atoms with Crippen molar-refractivity contribution >= 4 is 35.0 Å². The van der Waals surface area contributed by atoms with Gasteiger partial charge in [0, 0.05) is 17.2 Å². The smallest absolute Gasteiger partial charge is 0.268 e. The zero-order valence-corrected chi connectivity index (χ0v) is 32.3. The summed E-state index contributed by atoms with van der Waals surface area (Å²) in [5.74, 6) is 10.0. The summed E-state index contributed by atoms with van der Waals surface area (Å²) in [6, 6.07) is 12.1. The minimum absolute atomic E-state index is 0.100. The number of benzene rings is 3. The van der Waals surface area contributed by atoms with Crippen molar-refractivity contribution in [2.24, 2.45) is 23.5 Å². The molecule has 3 rings (SSSR count). The zero-order valence-electron chi connectivity index (χ0n) is 32.3. The lowest BCUT2D eigenvalue weighted by molar-refractivity contribution is 0.0940. The molecule has 14 nitrogen and oxygen atoms in total. The van der Waals surface area contributed by atoms with Gasteiger partial charge in [-0.15, -0.1) is 0 Å². The van der Waals surface area contributed by atoms with E-state index in [1.54, 1.807) is 36.4 Å². The molecule has 3 aromatic carbocycles. The SMILES string of the molecule is CCCCCOc1ccc(C(=O)Nc2cc(NC(=O)c3ccc(OCCCCC)c(C(=O)NN)c3)c(OCC(C)C)cc2OCC(C)C)cc1C(=O)NN. The molecule has 54 heavy (non-hydrogen) atoms. The lowest BCUT2D eigenvalue weighted by Crippen LogP contribution is -2.30. The molecule has 0 fully saturated rings. The second kappa shape index (κ2) is 22.0. The van der Waals surface area contributed by atoms with Gasteiger partial charge in [-0.1, -0.05) is 67.2 Å². The van der Waals surface area contributed by atoms with Crippen LogP contribution in [0.15, 0.2) is 48.5 Å². The molecule has 0 bridgehead atoms. The Balaban J connectivity index is 2.02. The van der Waals surface area contributed by atoms with Crippen molar-refractivity contribution in [3.8, 4) is 23.0 Å². The summed E-state index contributed by atoms with van der Waals surface area (Å²) in [6.45, 7) is 13.5. The van der Waals surface area contributed by atoms with Crippen molar-refractivity contribution in [2.75, 3.05) is 37.1 Å². The summed E-state index contributed by atoms with van der Waals surface area (Å²) in [7, 11) is 0. The third kappa shape index (κ3) is 13.0. The summed E-state index contributed by atoms with van der Waals surface area (Å²) >= 11 is 0. The Morgan fingerprint density at radius 1 is 0.537 bits per heavy atom. The fourth-order valence-corrected chi connectivity index (χ4v) is 5.07. The van der Waals surface area contributed by atoms with Gasteiger partial charge >= 0.3 is 0 Å². The van der Waals surface area contributed by atoms with Crippen molar-refractivity contribution in [1.29, 1.82) is 0 Å². The first kappa shape index (κ1) is 43.1. The molecule has 0 spiro atoms. The van der Waals surface area contributed by atoms with Crippen LogP contribution >= 0.6 is 0 Å². The van der Waals surface area contributed by atoms with E-state index in [2.05, 4.69) is 35.3 Å². The van der Waals surface area contributed by atoms with E-state index < -0.39 is 23.6 Å². The highest BCUT2D eigenvalue weighted by Gasteiger charge is 2.22. The Bertz CT molecular complexity index is 1610. The van der Waals surface area contributed by atoms with Gasteiger partial charge in [0.25, 0.3) is 23.6 Å². The van der Waals surface area contributed by atoms with Crippen LogP contribution in [0.1, 0.15) is 121 Å². The summed E-state index contributed by atoms with van der Waals surface area (Å²) in [4.78, 5) is 52.9. The number of nitrogens with one attached hydrogen (secondary N) is 4. The molecule has 8 N–H and O–H groups in total. The van der Waals surface area contributed by atoms with Gasteiger partial charge in [-0.05, 0) is 67.1 Å². The Labute approximate surface area is 317 Å². The van der Waals surface area contributed by atoms with Crippen LogP contribution in [0.5, 0.6) is 23.0 Å². The van der Waals surface area contributed by atoms with Crippen LogP contribution in [0.3, 0.4) is 0 Å². The number of hydrogen-bond donors (Lipinski definition) is 6. The minimum atomic E-state index is -0.615. The van der Waals surface area contributed by atoms with Crippen LogP contribution in [-0.2, 0) is 0 Å². The molecule has 0 aliphatic rings. The molecule has 0 saturated heterocycles. The lowest BCUT2D eigenvalue weighted by atomic mass is 10.1. The molecule has 14 heteroatoms. The highest BCUT2D eigenvalue weighted by molar-refractivity contribution is 6.10. The number of nitrogen functional groups attached to an aromatic ring is 2. The average Bonchev–Trinajstić information content (AvgIpc) is 3.16. The van der Waals surface area contributed by atoms with Crippen molar-refractivity contribution in [1.82, 2.24) is 10.9 Å². The maximum atomic E-state index is 13.8. The topological polar surface area (TPSA) is 205 Å². The molecular weight excluding hydrogens is 692 g/mol. The Morgan fingerprint density at radius 3 is 1.30 bits per heavy atom. The van der Waals surface area contributed by atoms with E-state index in [0.717, 1.165) is 38.5 Å². The Kier molecular flexibility index (Phi) is 17.6. The number of nitrogens with two attached hydrogens (primary N) is 2. The molecule has 0 aliphatic heterocycles. The van der Waals surface area contributed by atoms with Crippen molar-refractivity contribution in [3.05, 3.63) is 70.8 Å². The van der Waals surface area contributed by atoms with E-state index in [1.165, 1.54) is 12.1 Å². The van der Waals surface area contributed by atoms with Crippen molar-refractivity contribution in [2.45, 2.75) is 80.1 Å². The van der Waals surface area contributed by atoms with E-state index in [1.807, 2.05) is 27.7 Å². The van der Waals surface area contributed by atoms with Crippen LogP contribution in [-0.4, -0.2) is 50.1 Å². The predicted molar refractivity (Wildman–Crippen MR) is 209 cm³/mol. The van der Waals surface area contributed by atoms with Gasteiger partial charge in [-0.25, -0.2) is 11.7 Å². The second-order valence-electron chi connectivity index (χ2n) is 13.6. The number of unbranched alkanes of at least 4 members (excludes halogenated alkanes) is 4. The Morgan fingerprint density at radius 2 is 0.944 bits per heavy atom. The number of hydrogen-bond acceptors (Lipinski definition) is 10. The number of ether oxygens (including phenoxy) is 4. The van der Waals surface area contributed by atoms with Gasteiger partial charge in [0.15, 0.2) is 0 Å². The van der Waals surface area contributed by atoms with E-state index in [0.29, 0.717) is 49.4 Å². The predicted octanol–water partition coefficient (Wildman–Crippen LogP) is 6.61. The normalized spacial score (nSPS) is 10.9. The lowest BCUT2D eigenvalue weighted by Gasteiger charge is -2.20. The van der Waals surface area contributed by atoms with Gasteiger partial charge in [-0.3, -0.25) is 30.0 Å². The molecule has 3 aromatic rings. The first-order valence-corrected chi connectivity index (χ1v) is 18.5. The van der Waals surface area contributed by atoms with Gasteiger partial charge in [0.1, 0.15) is 23.0 Å². The first-order valence-electron chi connectivity index (χ1n) is 18.5. The fraction of sp³-hybridized carbons (Fsp3) is 0.450. The van der Waals surface area contributed by atoms with Gasteiger partial charge in [-0.2, -0.15) is 0 Å². The van der Waals surface area contributed by atoms with E-state index in [-0.39, 0.29) is 45.5 Å². The molecule has 0 heterocycles. The van der Waals surface area contributed by atoms with Gasteiger partial charge < -0.3 is 29.6 Å². The maximum absolute atomic E-state index is 13.8. The zero-order chi connectivity index (χ0) is 39.6. The van der Waals surface area contributed by atoms with Crippen LogP contribution < -0.4 is 52.1 Å². The van der Waals surface area contributed by atoms with Gasteiger partial charge in [0.05, 0.1) is 48.9 Å². The number of rotatable bonds is 22. The van der Waals surface area contributed by atoms with Crippen LogP contribution in [0, 0.1) is 11.8 Å². The number of hydrazine groups is 2. The third-order valence-corrected chi connectivity index (χ3v) is 7.97. The maximum Gasteiger partial charge on any atom is 0.268 e. The van der Waals surface area contributed by atoms with Crippen LogP contribution in [0.25, 0.3) is 0 Å². The Hall–Kier alpha value is -5.34. The summed E-state index contributed by atoms with van der Waals surface area (Å²) in [5.41, 5.74) is 5.19. The number of carbonyl (C=O) groups excluding carboxylic acids is 4. The average molecular weight is 749 g/mol. The van der Waals surface area contributed by atoms with Crippen LogP contribution in [0.4, 0.5) is 11.4 Å². The molecule has 0 unspecified atom stereocenters.